The zero-order valence-electron chi connectivity index (χ0n) is 12.6. The van der Waals surface area contributed by atoms with Gasteiger partial charge in [0.1, 0.15) is 11.6 Å². The number of aromatic nitrogens is 3. The summed E-state index contributed by atoms with van der Waals surface area (Å²) in [4.78, 5) is 35.6. The molecule has 1 saturated carbocycles. The second-order valence-corrected chi connectivity index (χ2v) is 6.07. The van der Waals surface area contributed by atoms with Gasteiger partial charge >= 0.3 is 0 Å². The molecule has 1 aliphatic carbocycles. The summed E-state index contributed by atoms with van der Waals surface area (Å²) in [6.07, 6.45) is 5.54. The smallest absolute Gasteiger partial charge is 0.255 e. The van der Waals surface area contributed by atoms with Gasteiger partial charge in [-0.15, -0.1) is 0 Å². The Bertz CT molecular complexity index is 733. The Morgan fingerprint density at radius 1 is 1.41 bits per heavy atom. The maximum Gasteiger partial charge on any atom is 0.255 e. The summed E-state index contributed by atoms with van der Waals surface area (Å²) in [5.74, 6) is -0.546. The molecule has 0 spiro atoms. The van der Waals surface area contributed by atoms with Gasteiger partial charge in [0, 0.05) is 12.1 Å². The molecule has 2 amide bonds. The third-order valence-electron chi connectivity index (χ3n) is 3.90. The van der Waals surface area contributed by atoms with Gasteiger partial charge in [-0.25, -0.2) is 9.97 Å². The second-order valence-electron chi connectivity index (χ2n) is 6.07. The molecule has 1 atom stereocenters. The number of fused-ring (bicyclic) bond motifs is 1. The summed E-state index contributed by atoms with van der Waals surface area (Å²) in [6.45, 7) is 3.66. The van der Waals surface area contributed by atoms with Crippen molar-refractivity contribution in [2.75, 3.05) is 0 Å². The molecule has 2 aromatic heterocycles. The van der Waals surface area contributed by atoms with Crippen LogP contribution < -0.4 is 11.1 Å². The van der Waals surface area contributed by atoms with E-state index >= 15 is 0 Å². The van der Waals surface area contributed by atoms with E-state index in [0.717, 1.165) is 18.5 Å². The van der Waals surface area contributed by atoms with Gasteiger partial charge in [0.25, 0.3) is 5.91 Å². The highest BCUT2D eigenvalue weighted by Gasteiger charge is 2.27. The minimum absolute atomic E-state index is 0.0836. The molecule has 4 N–H and O–H groups in total. The molecule has 0 bridgehead atoms. The van der Waals surface area contributed by atoms with Crippen LogP contribution in [-0.2, 0) is 4.79 Å². The van der Waals surface area contributed by atoms with Crippen molar-refractivity contribution in [3.8, 4) is 0 Å². The fourth-order valence-electron chi connectivity index (χ4n) is 2.44. The molecule has 7 nitrogen and oxygen atoms in total. The lowest BCUT2D eigenvalue weighted by Gasteiger charge is -2.18. The zero-order chi connectivity index (χ0) is 15.9. The Morgan fingerprint density at radius 3 is 2.73 bits per heavy atom. The van der Waals surface area contributed by atoms with E-state index < -0.39 is 11.9 Å². The molecule has 2 heterocycles. The number of nitrogens with one attached hydrogen (secondary N) is 2. The number of carbonyl (C=O) groups is 2. The molecule has 116 valence electrons. The monoisotopic (exact) mass is 301 g/mol. The van der Waals surface area contributed by atoms with Gasteiger partial charge in [-0.3, -0.25) is 9.59 Å². The highest BCUT2D eigenvalue weighted by molar-refractivity contribution is 6.05. The molecule has 1 aliphatic rings. The van der Waals surface area contributed by atoms with Crippen LogP contribution in [0.15, 0.2) is 12.4 Å². The van der Waals surface area contributed by atoms with E-state index in [9.17, 15) is 9.59 Å². The first kappa shape index (κ1) is 14.5. The molecule has 0 aliphatic heterocycles. The number of rotatable bonds is 5. The SMILES string of the molecule is CC(C)C(NC(=O)c1c[nH]c2ncc(C3CC3)nc12)C(N)=O. The van der Waals surface area contributed by atoms with Crippen LogP contribution in [0.3, 0.4) is 0 Å². The van der Waals surface area contributed by atoms with Crippen molar-refractivity contribution in [3.05, 3.63) is 23.7 Å². The van der Waals surface area contributed by atoms with E-state index in [2.05, 4.69) is 20.3 Å². The molecular weight excluding hydrogens is 282 g/mol. The van der Waals surface area contributed by atoms with Crippen LogP contribution in [0, 0.1) is 5.92 Å². The Hall–Kier alpha value is -2.44. The molecule has 1 unspecified atom stereocenters. The van der Waals surface area contributed by atoms with E-state index in [1.165, 1.54) is 0 Å². The third kappa shape index (κ3) is 2.66. The fraction of sp³-hybridized carbons (Fsp3) is 0.467. The largest absolute Gasteiger partial charge is 0.368 e. The van der Waals surface area contributed by atoms with Gasteiger partial charge in [0.15, 0.2) is 5.65 Å². The topological polar surface area (TPSA) is 114 Å². The van der Waals surface area contributed by atoms with Crippen molar-refractivity contribution in [1.82, 2.24) is 20.3 Å². The minimum atomic E-state index is -0.711. The first-order chi connectivity index (χ1) is 10.5. The van der Waals surface area contributed by atoms with Crippen molar-refractivity contribution in [3.63, 3.8) is 0 Å². The van der Waals surface area contributed by atoms with E-state index in [1.807, 2.05) is 13.8 Å². The van der Waals surface area contributed by atoms with E-state index in [1.54, 1.807) is 12.4 Å². The second kappa shape index (κ2) is 5.40. The summed E-state index contributed by atoms with van der Waals surface area (Å²) < 4.78 is 0. The highest BCUT2D eigenvalue weighted by atomic mass is 16.2. The van der Waals surface area contributed by atoms with Gasteiger partial charge < -0.3 is 16.0 Å². The predicted octanol–water partition coefficient (Wildman–Crippen LogP) is 1.07. The zero-order valence-corrected chi connectivity index (χ0v) is 12.6. The molecule has 2 aromatic rings. The van der Waals surface area contributed by atoms with Crippen LogP contribution in [0.5, 0.6) is 0 Å². The quantitative estimate of drug-likeness (QED) is 0.766. The molecule has 22 heavy (non-hydrogen) atoms. The third-order valence-corrected chi connectivity index (χ3v) is 3.90. The van der Waals surface area contributed by atoms with Gasteiger partial charge in [0.05, 0.1) is 17.5 Å². The summed E-state index contributed by atoms with van der Waals surface area (Å²) in [6, 6.07) is -0.711. The van der Waals surface area contributed by atoms with Gasteiger partial charge in [-0.05, 0) is 18.8 Å². The molecular formula is C15H19N5O2. The first-order valence-electron chi connectivity index (χ1n) is 7.41. The molecule has 3 rings (SSSR count). The van der Waals surface area contributed by atoms with Crippen LogP contribution >= 0.6 is 0 Å². The van der Waals surface area contributed by atoms with E-state index in [-0.39, 0.29) is 11.8 Å². The number of primary amides is 1. The molecule has 0 saturated heterocycles. The Balaban J connectivity index is 1.90. The lowest BCUT2D eigenvalue weighted by Crippen LogP contribution is -2.47. The lowest BCUT2D eigenvalue weighted by atomic mass is 10.0. The number of aromatic amines is 1. The molecule has 1 fully saturated rings. The van der Waals surface area contributed by atoms with Crippen LogP contribution in [-0.4, -0.2) is 32.8 Å². The first-order valence-corrected chi connectivity index (χ1v) is 7.41. The van der Waals surface area contributed by atoms with E-state index in [0.29, 0.717) is 22.6 Å². The van der Waals surface area contributed by atoms with Crippen LogP contribution in [0.25, 0.3) is 11.2 Å². The van der Waals surface area contributed by atoms with Crippen molar-refractivity contribution < 1.29 is 9.59 Å². The maximum absolute atomic E-state index is 12.4. The number of H-pyrrole nitrogens is 1. The Morgan fingerprint density at radius 2 is 2.14 bits per heavy atom. The normalized spacial score (nSPS) is 16.0. The number of nitrogens with two attached hydrogens (primary N) is 1. The summed E-state index contributed by atoms with van der Waals surface area (Å²) in [7, 11) is 0. The number of hydrogen-bond donors (Lipinski definition) is 3. The van der Waals surface area contributed by atoms with E-state index in [4.69, 9.17) is 5.73 Å². The van der Waals surface area contributed by atoms with Crippen molar-refractivity contribution >= 4 is 23.0 Å². The fourth-order valence-corrected chi connectivity index (χ4v) is 2.44. The van der Waals surface area contributed by atoms with Gasteiger partial charge in [-0.1, -0.05) is 13.8 Å². The molecule has 0 aromatic carbocycles. The van der Waals surface area contributed by atoms with Crippen molar-refractivity contribution in [1.29, 1.82) is 0 Å². The average molecular weight is 301 g/mol. The summed E-state index contributed by atoms with van der Waals surface area (Å²) in [5, 5.41) is 2.67. The van der Waals surface area contributed by atoms with Crippen LogP contribution in [0.2, 0.25) is 0 Å². The Labute approximate surface area is 127 Å². The molecule has 7 heteroatoms. The maximum atomic E-state index is 12.4. The Kier molecular flexibility index (Phi) is 3.56. The minimum Gasteiger partial charge on any atom is -0.368 e. The van der Waals surface area contributed by atoms with Crippen LogP contribution in [0.1, 0.15) is 48.7 Å². The number of carbonyl (C=O) groups excluding carboxylic acids is 2. The predicted molar refractivity (Wildman–Crippen MR) is 81.2 cm³/mol. The standard InChI is InChI=1S/C15H19N5O2/c1-7(2)11(13(16)21)20-15(22)9-5-17-14-12(9)19-10(6-18-14)8-3-4-8/h5-8,11H,3-4H2,1-2H3,(H2,16,21)(H,17,18)(H,20,22). The summed E-state index contributed by atoms with van der Waals surface area (Å²) in [5.41, 5.74) is 7.73. The van der Waals surface area contributed by atoms with Gasteiger partial charge in [-0.2, -0.15) is 0 Å². The molecule has 0 radical (unpaired) electrons. The average Bonchev–Trinajstić information content (AvgIpc) is 3.23. The summed E-state index contributed by atoms with van der Waals surface area (Å²) >= 11 is 0. The number of hydrogen-bond acceptors (Lipinski definition) is 4. The van der Waals surface area contributed by atoms with Gasteiger partial charge in [0.2, 0.25) is 5.91 Å². The highest BCUT2D eigenvalue weighted by Crippen LogP contribution is 2.39. The van der Waals surface area contributed by atoms with Crippen molar-refractivity contribution in [2.45, 2.75) is 38.6 Å². The number of nitrogens with zero attached hydrogens (tertiary/aromatic N) is 2. The van der Waals surface area contributed by atoms with Crippen LogP contribution in [0.4, 0.5) is 0 Å². The number of amides is 2. The van der Waals surface area contributed by atoms with Crippen molar-refractivity contribution in [2.24, 2.45) is 11.7 Å². The lowest BCUT2D eigenvalue weighted by molar-refractivity contribution is -0.120.